The summed E-state index contributed by atoms with van der Waals surface area (Å²) in [5.41, 5.74) is 0. The van der Waals surface area contributed by atoms with Gasteiger partial charge in [-0.25, -0.2) is 9.13 Å². The van der Waals surface area contributed by atoms with E-state index in [1.807, 2.05) is 0 Å². The molecule has 6 atom stereocenters. The molecule has 0 heterocycles. The summed E-state index contributed by atoms with van der Waals surface area (Å²) < 4.78 is 68.7. The molecule has 100 heavy (non-hydrogen) atoms. The second-order valence-electron chi connectivity index (χ2n) is 29.9. The largest absolute Gasteiger partial charge is 0.472 e. The Balaban J connectivity index is 5.23. The van der Waals surface area contributed by atoms with E-state index >= 15 is 0 Å². The highest BCUT2D eigenvalue weighted by molar-refractivity contribution is 7.47. The zero-order chi connectivity index (χ0) is 73.5. The SMILES string of the molecule is CCCCCCCCCCCCCCCCCC(=O)OC[C@H](COP(=O)(O)OC[C@@H](O)COP(=O)(O)OC[C@@H](COC(=O)CCCCCCCCCCCCCC)OC(=O)CCCCCCCCCCC(C)CC)OC(=O)CCCCCCCCCCCCCCCCCCCCC(C)C. The highest BCUT2D eigenvalue weighted by atomic mass is 31.2. The number of ether oxygens (including phenoxy) is 4. The van der Waals surface area contributed by atoms with Crippen molar-refractivity contribution in [2.24, 2.45) is 11.8 Å². The Labute approximate surface area is 613 Å². The molecule has 0 amide bonds. The molecule has 0 fully saturated rings. The first-order valence-electron chi connectivity index (χ1n) is 42.0. The van der Waals surface area contributed by atoms with Gasteiger partial charge in [0.15, 0.2) is 12.2 Å². The molecule has 594 valence electrons. The van der Waals surface area contributed by atoms with Crippen molar-refractivity contribution in [1.82, 2.24) is 0 Å². The fourth-order valence-electron chi connectivity index (χ4n) is 12.5. The maximum Gasteiger partial charge on any atom is 0.472 e. The lowest BCUT2D eigenvalue weighted by Crippen LogP contribution is -2.30. The lowest BCUT2D eigenvalue weighted by Gasteiger charge is -2.21. The number of hydrogen-bond donors (Lipinski definition) is 3. The number of unbranched alkanes of at least 4 members (excludes halogenated alkanes) is 49. The lowest BCUT2D eigenvalue weighted by molar-refractivity contribution is -0.161. The summed E-state index contributed by atoms with van der Waals surface area (Å²) in [5, 5.41) is 10.6. The molecule has 0 aliphatic heterocycles. The number of phosphoric ester groups is 2. The minimum absolute atomic E-state index is 0.106. The lowest BCUT2D eigenvalue weighted by atomic mass is 9.99. The van der Waals surface area contributed by atoms with Crippen molar-refractivity contribution in [2.45, 2.75) is 445 Å². The van der Waals surface area contributed by atoms with Crippen molar-refractivity contribution >= 4 is 39.5 Å². The van der Waals surface area contributed by atoms with Gasteiger partial charge in [0, 0.05) is 25.7 Å². The Morgan fingerprint density at radius 1 is 0.290 bits per heavy atom. The topological polar surface area (TPSA) is 237 Å². The minimum Gasteiger partial charge on any atom is -0.462 e. The second kappa shape index (κ2) is 72.6. The standard InChI is InChI=1S/C81H158O17P2/c1-7-10-12-14-16-18-20-22-27-31-35-39-46-52-58-64-79(84)91-69-76(97-80(85)65-59-53-47-40-36-32-29-26-24-23-25-28-30-33-37-43-49-55-61-73(4)5)71-95-99(87,88)93-67-75(82)68-94-100(89,90)96-72-77(98-81(86)66-60-54-48-42-41-44-50-56-62-74(6)9-3)70-92-78(83)63-57-51-45-38-34-21-19-17-15-13-11-8-2/h73-77,82H,7-72H2,1-6H3,(H,87,88)(H,89,90)/t74?,75-,76-,77-/m1/s1. The van der Waals surface area contributed by atoms with Gasteiger partial charge in [-0.15, -0.1) is 0 Å². The van der Waals surface area contributed by atoms with Gasteiger partial charge in [-0.05, 0) is 37.5 Å². The number of phosphoric acid groups is 2. The smallest absolute Gasteiger partial charge is 0.462 e. The summed E-state index contributed by atoms with van der Waals surface area (Å²) in [6.45, 7) is 9.67. The van der Waals surface area contributed by atoms with Gasteiger partial charge in [0.1, 0.15) is 19.3 Å². The molecular weight excluding hydrogens is 1310 g/mol. The van der Waals surface area contributed by atoms with Gasteiger partial charge in [0.05, 0.1) is 26.4 Å². The third-order valence-electron chi connectivity index (χ3n) is 19.3. The fraction of sp³-hybridized carbons (Fsp3) is 0.951. The van der Waals surface area contributed by atoms with E-state index < -0.39 is 97.5 Å². The van der Waals surface area contributed by atoms with Crippen molar-refractivity contribution in [2.75, 3.05) is 39.6 Å². The molecule has 17 nitrogen and oxygen atoms in total. The van der Waals surface area contributed by atoms with Crippen LogP contribution in [-0.4, -0.2) is 96.7 Å². The van der Waals surface area contributed by atoms with Crippen LogP contribution >= 0.6 is 15.6 Å². The van der Waals surface area contributed by atoms with E-state index in [1.165, 1.54) is 244 Å². The number of carbonyl (C=O) groups is 4. The molecule has 0 aliphatic rings. The molecular formula is C81H158O17P2. The first kappa shape index (κ1) is 98.1. The Morgan fingerprint density at radius 3 is 0.760 bits per heavy atom. The van der Waals surface area contributed by atoms with E-state index in [4.69, 9.17) is 37.0 Å². The van der Waals surface area contributed by atoms with Crippen LogP contribution in [0.5, 0.6) is 0 Å². The number of rotatable bonds is 80. The van der Waals surface area contributed by atoms with Crippen LogP contribution in [0.2, 0.25) is 0 Å². The number of carbonyl (C=O) groups excluding carboxylic acids is 4. The zero-order valence-electron chi connectivity index (χ0n) is 65.5. The van der Waals surface area contributed by atoms with Crippen molar-refractivity contribution in [3.8, 4) is 0 Å². The summed E-state index contributed by atoms with van der Waals surface area (Å²) in [4.78, 5) is 73.0. The molecule has 3 N–H and O–H groups in total. The number of aliphatic hydroxyl groups is 1. The van der Waals surface area contributed by atoms with E-state index in [9.17, 15) is 43.2 Å². The number of hydrogen-bond acceptors (Lipinski definition) is 15. The highest BCUT2D eigenvalue weighted by Gasteiger charge is 2.30. The van der Waals surface area contributed by atoms with Gasteiger partial charge < -0.3 is 33.8 Å². The minimum atomic E-state index is -4.96. The number of aliphatic hydroxyl groups excluding tert-OH is 1. The van der Waals surface area contributed by atoms with Gasteiger partial charge in [0.25, 0.3) is 0 Å². The van der Waals surface area contributed by atoms with Crippen LogP contribution in [0.25, 0.3) is 0 Å². The molecule has 0 saturated carbocycles. The van der Waals surface area contributed by atoms with Gasteiger partial charge in [-0.3, -0.25) is 37.3 Å². The first-order valence-corrected chi connectivity index (χ1v) is 45.0. The molecule has 0 aromatic heterocycles. The van der Waals surface area contributed by atoms with E-state index in [0.717, 1.165) is 102 Å². The molecule has 0 radical (unpaired) electrons. The van der Waals surface area contributed by atoms with Crippen LogP contribution in [0, 0.1) is 11.8 Å². The molecule has 0 spiro atoms. The average molecular weight is 1470 g/mol. The molecule has 19 heteroatoms. The molecule has 0 aromatic rings. The van der Waals surface area contributed by atoms with E-state index in [2.05, 4.69) is 41.5 Å². The molecule has 0 bridgehead atoms. The maximum absolute atomic E-state index is 13.1. The van der Waals surface area contributed by atoms with Gasteiger partial charge in [0.2, 0.25) is 0 Å². The zero-order valence-corrected chi connectivity index (χ0v) is 67.3. The fourth-order valence-corrected chi connectivity index (χ4v) is 14.1. The summed E-state index contributed by atoms with van der Waals surface area (Å²) in [6, 6.07) is 0. The van der Waals surface area contributed by atoms with Gasteiger partial charge in [-0.2, -0.15) is 0 Å². The third-order valence-corrected chi connectivity index (χ3v) is 21.2. The summed E-state index contributed by atoms with van der Waals surface area (Å²) >= 11 is 0. The van der Waals surface area contributed by atoms with Crippen LogP contribution in [0.15, 0.2) is 0 Å². The van der Waals surface area contributed by atoms with Crippen LogP contribution < -0.4 is 0 Å². The predicted octanol–water partition coefficient (Wildman–Crippen LogP) is 24.3. The first-order chi connectivity index (χ1) is 48.4. The monoisotopic (exact) mass is 1470 g/mol. The molecule has 0 aliphatic carbocycles. The normalized spacial score (nSPS) is 14.2. The second-order valence-corrected chi connectivity index (χ2v) is 32.8. The van der Waals surface area contributed by atoms with Crippen LogP contribution in [0.4, 0.5) is 0 Å². The van der Waals surface area contributed by atoms with Crippen molar-refractivity contribution in [3.63, 3.8) is 0 Å². The summed E-state index contributed by atoms with van der Waals surface area (Å²) in [5.74, 6) is -0.518. The third kappa shape index (κ3) is 73.0. The van der Waals surface area contributed by atoms with Crippen LogP contribution in [0.1, 0.15) is 427 Å². The predicted molar refractivity (Wildman–Crippen MR) is 409 cm³/mol. The molecule has 0 saturated heterocycles. The van der Waals surface area contributed by atoms with Gasteiger partial charge in [-0.1, -0.05) is 375 Å². The number of esters is 4. The van der Waals surface area contributed by atoms with Crippen LogP contribution in [-0.2, 0) is 65.4 Å². The Morgan fingerprint density at radius 2 is 0.510 bits per heavy atom. The Bertz CT molecular complexity index is 1930. The molecule has 3 unspecified atom stereocenters. The van der Waals surface area contributed by atoms with Crippen molar-refractivity contribution in [3.05, 3.63) is 0 Å². The maximum atomic E-state index is 13.1. The van der Waals surface area contributed by atoms with E-state index in [0.29, 0.717) is 25.7 Å². The Hall–Kier alpha value is -1.94. The quantitative estimate of drug-likeness (QED) is 0.0222. The van der Waals surface area contributed by atoms with E-state index in [1.54, 1.807) is 0 Å². The average Bonchev–Trinajstić information content (AvgIpc) is 0.943. The molecule has 0 aromatic carbocycles. The van der Waals surface area contributed by atoms with Gasteiger partial charge >= 0.3 is 39.5 Å². The van der Waals surface area contributed by atoms with Crippen molar-refractivity contribution in [1.29, 1.82) is 0 Å². The van der Waals surface area contributed by atoms with Crippen molar-refractivity contribution < 1.29 is 80.2 Å². The molecule has 0 rings (SSSR count). The van der Waals surface area contributed by atoms with Crippen LogP contribution in [0.3, 0.4) is 0 Å². The Kier molecular flexibility index (Phi) is 71.2. The highest BCUT2D eigenvalue weighted by Crippen LogP contribution is 2.45. The van der Waals surface area contributed by atoms with E-state index in [-0.39, 0.29) is 25.7 Å². The summed E-state index contributed by atoms with van der Waals surface area (Å²) in [7, 11) is -9.92. The summed E-state index contributed by atoms with van der Waals surface area (Å²) in [6.07, 6.45) is 62.3.